The number of amides is 1. The van der Waals surface area contributed by atoms with Crippen molar-refractivity contribution in [2.24, 2.45) is 5.14 Å². The van der Waals surface area contributed by atoms with Gasteiger partial charge in [0.1, 0.15) is 0 Å². The van der Waals surface area contributed by atoms with E-state index in [2.05, 4.69) is 10.3 Å². The summed E-state index contributed by atoms with van der Waals surface area (Å²) in [5.74, 6) is -0.232. The average molecular weight is 422 g/mol. The molecule has 0 saturated heterocycles. The summed E-state index contributed by atoms with van der Waals surface area (Å²) < 4.78 is 17.1. The summed E-state index contributed by atoms with van der Waals surface area (Å²) in [6, 6.07) is 12.2. The number of anilines is 1. The lowest BCUT2D eigenvalue weighted by Crippen LogP contribution is -2.17. The Hall–Kier alpha value is -2.10. The molecule has 0 fully saturated rings. The molecule has 1 unspecified atom stereocenters. The second-order valence-corrected chi connectivity index (χ2v) is 7.95. The van der Waals surface area contributed by atoms with Gasteiger partial charge in [-0.3, -0.25) is 4.79 Å². The number of aromatic nitrogens is 1. The molecule has 2 aromatic carbocycles. The van der Waals surface area contributed by atoms with Crippen molar-refractivity contribution in [3.05, 3.63) is 59.2 Å². The van der Waals surface area contributed by atoms with Crippen molar-refractivity contribution in [2.45, 2.75) is 11.3 Å². The number of methoxy groups -OCH3 is 1. The first-order valence-corrected chi connectivity index (χ1v) is 10.2. The Balaban J connectivity index is 1.81. The third-order valence-corrected chi connectivity index (χ3v) is 5.85. The highest BCUT2D eigenvalue weighted by molar-refractivity contribution is 7.89. The third-order valence-electron chi connectivity index (χ3n) is 3.72. The minimum atomic E-state index is -1.73. The van der Waals surface area contributed by atoms with Crippen molar-refractivity contribution >= 4 is 45.9 Å². The van der Waals surface area contributed by atoms with E-state index in [9.17, 15) is 9.35 Å². The molecule has 0 aliphatic heterocycles. The molecule has 0 aliphatic rings. The van der Waals surface area contributed by atoms with Crippen LogP contribution >= 0.6 is 22.9 Å². The quantitative estimate of drug-likeness (QED) is 0.592. The number of carbonyl (C=O) groups excluding carboxylic acids is 1. The molecule has 0 saturated carbocycles. The fraction of sp³-hybridized carbons (Fsp3) is 0.111. The number of rotatable bonds is 6. The van der Waals surface area contributed by atoms with Crippen molar-refractivity contribution in [3.63, 3.8) is 0 Å². The van der Waals surface area contributed by atoms with Crippen LogP contribution in [0.3, 0.4) is 0 Å². The van der Waals surface area contributed by atoms with Gasteiger partial charge in [-0.2, -0.15) is 0 Å². The van der Waals surface area contributed by atoms with Crippen LogP contribution in [0.2, 0.25) is 5.02 Å². The zero-order chi connectivity index (χ0) is 19.4. The van der Waals surface area contributed by atoms with Gasteiger partial charge >= 0.3 is 0 Å². The highest BCUT2D eigenvalue weighted by atomic mass is 35.5. The van der Waals surface area contributed by atoms with Gasteiger partial charge in [-0.15, -0.1) is 5.14 Å². The lowest BCUT2D eigenvalue weighted by molar-refractivity contribution is -0.115. The van der Waals surface area contributed by atoms with E-state index in [1.54, 1.807) is 42.6 Å². The van der Waals surface area contributed by atoms with Gasteiger partial charge in [-0.25, -0.2) is 4.98 Å². The van der Waals surface area contributed by atoms with Crippen LogP contribution in [0, 0.1) is 0 Å². The lowest BCUT2D eigenvalue weighted by atomic mass is 10.1. The summed E-state index contributed by atoms with van der Waals surface area (Å²) >= 11 is 5.67. The van der Waals surface area contributed by atoms with E-state index in [0.717, 1.165) is 10.4 Å². The number of nitrogens with zero attached hydrogens (tertiary/aromatic N) is 1. The number of hydrogen-bond acceptors (Lipinski definition) is 6. The van der Waals surface area contributed by atoms with Crippen molar-refractivity contribution in [1.82, 2.24) is 4.98 Å². The van der Waals surface area contributed by atoms with Crippen molar-refractivity contribution in [3.8, 4) is 15.6 Å². The molecule has 3 aromatic rings. The normalized spacial score (nSPS) is 11.9. The fourth-order valence-electron chi connectivity index (χ4n) is 2.47. The predicted octanol–water partition coefficient (Wildman–Crippen LogP) is 3.63. The number of carbonyl (C=O) groups is 1. The maximum Gasteiger partial charge on any atom is 0.273 e. The largest absolute Gasteiger partial charge is 0.593 e. The molecule has 1 amide bonds. The van der Waals surface area contributed by atoms with E-state index in [0.29, 0.717) is 26.4 Å². The number of benzene rings is 2. The van der Waals surface area contributed by atoms with E-state index < -0.39 is 11.4 Å². The molecule has 3 N–H and O–H groups in total. The van der Waals surface area contributed by atoms with E-state index in [4.69, 9.17) is 21.5 Å². The Kier molecular flexibility index (Phi) is 6.35. The lowest BCUT2D eigenvalue weighted by Gasteiger charge is -2.11. The van der Waals surface area contributed by atoms with Crippen LogP contribution in [0.1, 0.15) is 5.56 Å². The smallest absolute Gasteiger partial charge is 0.273 e. The fourth-order valence-corrected chi connectivity index (χ4v) is 4.14. The van der Waals surface area contributed by atoms with E-state index in [1.165, 1.54) is 18.4 Å². The number of thiazole rings is 1. The summed E-state index contributed by atoms with van der Waals surface area (Å²) in [6.45, 7) is 0. The van der Waals surface area contributed by atoms with Gasteiger partial charge in [0.2, 0.25) is 5.91 Å². The highest BCUT2D eigenvalue weighted by Crippen LogP contribution is 2.35. The minimum absolute atomic E-state index is 0.133. The molecule has 6 nitrogen and oxygen atoms in total. The SMILES string of the molecule is COc1ncc(-c2ccc(NC(=O)Cc3ccccc3Cl)cc2[S+](N)[O-])s1. The molecule has 1 heterocycles. The topological polar surface area (TPSA) is 100 Å². The van der Waals surface area contributed by atoms with Crippen LogP contribution in [0.5, 0.6) is 5.19 Å². The van der Waals surface area contributed by atoms with Crippen molar-refractivity contribution < 1.29 is 14.1 Å². The molecule has 0 bridgehead atoms. The summed E-state index contributed by atoms with van der Waals surface area (Å²) in [4.78, 5) is 17.6. The first kappa shape index (κ1) is 19.7. The maximum absolute atomic E-state index is 12.3. The zero-order valence-electron chi connectivity index (χ0n) is 14.3. The molecule has 1 atom stereocenters. The maximum atomic E-state index is 12.3. The standard InChI is InChI=1S/C18H16ClN3O3S2/c1-25-18-21-10-15(26-18)13-7-6-12(9-16(13)27(20)24)22-17(23)8-11-4-2-3-5-14(11)19/h2-7,9-10H,8,20H2,1H3,(H,22,23). The zero-order valence-corrected chi connectivity index (χ0v) is 16.7. The Morgan fingerprint density at radius 3 is 2.81 bits per heavy atom. The number of halogens is 1. The van der Waals surface area contributed by atoms with Gasteiger partial charge in [-0.1, -0.05) is 41.1 Å². The van der Waals surface area contributed by atoms with Gasteiger partial charge < -0.3 is 14.6 Å². The van der Waals surface area contributed by atoms with Crippen LogP contribution in [0.25, 0.3) is 10.4 Å². The highest BCUT2D eigenvalue weighted by Gasteiger charge is 2.19. The van der Waals surface area contributed by atoms with Crippen LogP contribution < -0.4 is 15.2 Å². The van der Waals surface area contributed by atoms with Gasteiger partial charge in [-0.05, 0) is 23.8 Å². The third kappa shape index (κ3) is 4.79. The molecular formula is C18H16ClN3O3S2. The molecular weight excluding hydrogens is 406 g/mol. The summed E-state index contributed by atoms with van der Waals surface area (Å²) in [6.07, 6.45) is 1.76. The minimum Gasteiger partial charge on any atom is -0.593 e. The second kappa shape index (κ2) is 8.73. The Bertz CT molecular complexity index is 963. The van der Waals surface area contributed by atoms with Gasteiger partial charge in [0.25, 0.3) is 5.19 Å². The Morgan fingerprint density at radius 1 is 1.37 bits per heavy atom. The molecule has 9 heteroatoms. The van der Waals surface area contributed by atoms with E-state index in [-0.39, 0.29) is 12.3 Å². The number of hydrogen-bond donors (Lipinski definition) is 2. The Morgan fingerprint density at radius 2 is 2.15 bits per heavy atom. The monoisotopic (exact) mass is 421 g/mol. The van der Waals surface area contributed by atoms with Crippen molar-refractivity contribution in [2.75, 3.05) is 12.4 Å². The van der Waals surface area contributed by atoms with Gasteiger partial charge in [0.05, 0.1) is 35.3 Å². The molecule has 3 rings (SSSR count). The Labute approximate surface area is 168 Å². The summed E-state index contributed by atoms with van der Waals surface area (Å²) in [5, 5.41) is 9.44. The van der Waals surface area contributed by atoms with Crippen LogP contribution in [0.4, 0.5) is 5.69 Å². The van der Waals surface area contributed by atoms with E-state index in [1.807, 2.05) is 6.07 Å². The van der Waals surface area contributed by atoms with E-state index >= 15 is 0 Å². The van der Waals surface area contributed by atoms with Crippen LogP contribution in [-0.2, 0) is 22.6 Å². The number of ether oxygens (including phenoxy) is 1. The number of nitrogens with two attached hydrogens (primary N) is 1. The predicted molar refractivity (Wildman–Crippen MR) is 108 cm³/mol. The molecule has 27 heavy (non-hydrogen) atoms. The van der Waals surface area contributed by atoms with Crippen LogP contribution in [-0.4, -0.2) is 22.6 Å². The molecule has 0 radical (unpaired) electrons. The first-order chi connectivity index (χ1) is 13.0. The molecule has 0 spiro atoms. The van der Waals surface area contributed by atoms with Gasteiger partial charge in [0, 0.05) is 23.0 Å². The molecule has 140 valence electrons. The summed E-state index contributed by atoms with van der Waals surface area (Å²) in [7, 11) is 1.53. The summed E-state index contributed by atoms with van der Waals surface area (Å²) in [5.41, 5.74) is 1.91. The average Bonchev–Trinajstić information content (AvgIpc) is 3.12. The van der Waals surface area contributed by atoms with Crippen molar-refractivity contribution in [1.29, 1.82) is 0 Å². The first-order valence-electron chi connectivity index (χ1n) is 7.81. The van der Waals surface area contributed by atoms with Gasteiger partial charge in [0.15, 0.2) is 4.90 Å². The molecule has 0 aliphatic carbocycles. The second-order valence-electron chi connectivity index (χ2n) is 5.52. The molecule has 1 aromatic heterocycles. The van der Waals surface area contributed by atoms with Crippen LogP contribution in [0.15, 0.2) is 53.6 Å². The number of nitrogens with one attached hydrogen (secondary N) is 1.